The van der Waals surface area contributed by atoms with Crippen LogP contribution in [0, 0.1) is 11.8 Å². The molecule has 12 nitrogen and oxygen atoms in total. The Bertz CT molecular complexity index is 1590. The number of methoxy groups -OCH3 is 1. The van der Waals surface area contributed by atoms with Crippen LogP contribution in [0.15, 0.2) is 54.3 Å². The molecule has 1 aliphatic heterocycles. The number of aliphatic hydroxyl groups is 2. The number of benzene rings is 2. The number of ether oxygens (including phenoxy) is 4. The number of esters is 2. The van der Waals surface area contributed by atoms with E-state index in [1.807, 2.05) is 12.1 Å². The summed E-state index contributed by atoms with van der Waals surface area (Å²) in [5.41, 5.74) is 0.397. The number of aliphatic hydroxyl groups excluding tert-OH is 1. The maximum Gasteiger partial charge on any atom is 0.357 e. The molecule has 1 amide bonds. The largest absolute Gasteiger partial charge is 0.493 e. The lowest BCUT2D eigenvalue weighted by Gasteiger charge is -2.61. The van der Waals surface area contributed by atoms with Crippen LogP contribution in [-0.2, 0) is 40.5 Å². The number of hydrogen-bond acceptors (Lipinski definition) is 10. The van der Waals surface area contributed by atoms with Crippen molar-refractivity contribution in [3.63, 3.8) is 0 Å². The summed E-state index contributed by atoms with van der Waals surface area (Å²) < 4.78 is 23.8. The van der Waals surface area contributed by atoms with Gasteiger partial charge in [-0.3, -0.25) is 9.59 Å². The Kier molecular flexibility index (Phi) is 8.28. The molecule has 0 saturated heterocycles. The number of aliphatic carboxylic acids is 1. The van der Waals surface area contributed by atoms with Crippen LogP contribution in [0.3, 0.4) is 0 Å². The van der Waals surface area contributed by atoms with Crippen molar-refractivity contribution in [2.75, 3.05) is 13.7 Å². The molecule has 46 heavy (non-hydrogen) atoms. The Morgan fingerprint density at radius 2 is 1.89 bits per heavy atom. The van der Waals surface area contributed by atoms with Gasteiger partial charge < -0.3 is 39.6 Å². The number of carbonyl (C=O) groups excluding carboxylic acids is 3. The zero-order valence-electron chi connectivity index (χ0n) is 25.6. The van der Waals surface area contributed by atoms with Gasteiger partial charge in [-0.1, -0.05) is 43.3 Å². The van der Waals surface area contributed by atoms with Gasteiger partial charge in [0.15, 0.2) is 23.7 Å². The SMILES string of the molecule is COc1ccc2c3c1O[C@H]1C(OC(=O)[C@H](OC(=O)CCNC(=O)C[C@H](O)C(=O)O)c4ccccc4)=CC[C@@]4(O)[C@@H](C2)C(C)CC[C@]314. The average molecular weight is 636 g/mol. The van der Waals surface area contributed by atoms with Crippen molar-refractivity contribution in [2.45, 2.75) is 74.8 Å². The number of amides is 1. The van der Waals surface area contributed by atoms with Gasteiger partial charge >= 0.3 is 17.9 Å². The van der Waals surface area contributed by atoms with E-state index in [0.29, 0.717) is 29.9 Å². The number of carboxylic acids is 1. The molecule has 1 unspecified atom stereocenters. The Labute approximate surface area is 265 Å². The molecule has 6 rings (SSSR count). The van der Waals surface area contributed by atoms with Crippen molar-refractivity contribution in [3.8, 4) is 11.5 Å². The molecule has 7 atom stereocenters. The summed E-state index contributed by atoms with van der Waals surface area (Å²) in [4.78, 5) is 49.3. The Hall–Kier alpha value is -4.42. The van der Waals surface area contributed by atoms with Gasteiger partial charge in [-0.15, -0.1) is 0 Å². The number of carbonyl (C=O) groups is 4. The number of carboxylic acid groups (broad SMARTS) is 1. The second kappa shape index (κ2) is 12.1. The van der Waals surface area contributed by atoms with E-state index in [1.165, 1.54) is 0 Å². The van der Waals surface area contributed by atoms with Gasteiger partial charge in [0.25, 0.3) is 0 Å². The molecule has 2 bridgehead atoms. The normalized spacial score (nSPS) is 28.0. The fourth-order valence-corrected chi connectivity index (χ4v) is 7.84. The van der Waals surface area contributed by atoms with Crippen LogP contribution in [0.1, 0.15) is 61.8 Å². The summed E-state index contributed by atoms with van der Waals surface area (Å²) in [7, 11) is 1.56. The van der Waals surface area contributed by atoms with E-state index < -0.39 is 59.6 Å². The number of nitrogens with one attached hydrogen (secondary N) is 1. The van der Waals surface area contributed by atoms with Crippen LogP contribution >= 0.6 is 0 Å². The van der Waals surface area contributed by atoms with Gasteiger partial charge in [-0.25, -0.2) is 9.59 Å². The van der Waals surface area contributed by atoms with Crippen molar-refractivity contribution >= 4 is 23.8 Å². The predicted molar refractivity (Wildman–Crippen MR) is 160 cm³/mol. The van der Waals surface area contributed by atoms with Gasteiger partial charge in [-0.05, 0) is 55.2 Å². The van der Waals surface area contributed by atoms with Crippen molar-refractivity contribution in [1.82, 2.24) is 5.32 Å². The van der Waals surface area contributed by atoms with Gasteiger partial charge in [0, 0.05) is 17.7 Å². The van der Waals surface area contributed by atoms with E-state index in [2.05, 4.69) is 12.2 Å². The van der Waals surface area contributed by atoms with E-state index in [-0.39, 0.29) is 37.0 Å². The summed E-state index contributed by atoms with van der Waals surface area (Å²) in [6, 6.07) is 12.3. The van der Waals surface area contributed by atoms with E-state index in [9.17, 15) is 29.4 Å². The lowest BCUT2D eigenvalue weighted by atomic mass is 9.45. The lowest BCUT2D eigenvalue weighted by Crippen LogP contribution is -2.69. The van der Waals surface area contributed by atoms with Crippen LogP contribution in [0.2, 0.25) is 0 Å². The highest BCUT2D eigenvalue weighted by Crippen LogP contribution is 2.68. The van der Waals surface area contributed by atoms with E-state index in [4.69, 9.17) is 24.1 Å². The summed E-state index contributed by atoms with van der Waals surface area (Å²) in [5.74, 6) is -2.39. The minimum atomic E-state index is -1.87. The molecule has 12 heteroatoms. The molecule has 1 saturated carbocycles. The van der Waals surface area contributed by atoms with Crippen molar-refractivity contribution in [1.29, 1.82) is 0 Å². The molecule has 1 heterocycles. The molecule has 244 valence electrons. The molecule has 4 N–H and O–H groups in total. The molecule has 4 aliphatic rings. The highest BCUT2D eigenvalue weighted by Gasteiger charge is 2.72. The Balaban J connectivity index is 1.23. The molecule has 0 radical (unpaired) electrons. The molecule has 1 spiro atoms. The first kappa shape index (κ1) is 31.6. The molecular weight excluding hydrogens is 598 g/mol. The van der Waals surface area contributed by atoms with Gasteiger partial charge in [0.05, 0.1) is 31.0 Å². The molecule has 1 fully saturated rings. The first-order valence-electron chi connectivity index (χ1n) is 15.4. The molecule has 2 aromatic carbocycles. The second-order valence-electron chi connectivity index (χ2n) is 12.5. The zero-order chi connectivity index (χ0) is 32.8. The standard InChI is InChI=1S/C34H37NO11/c1-18-10-13-33-27-20-8-9-23(43-2)29(27)46-30(33)24(11-14-34(33,42)21(18)16-20)44-32(41)28(19-6-4-3-5-7-19)45-26(38)12-15-35-25(37)17-22(36)31(39)40/h3-9,11,18,21-22,28,30,36,42H,10,12-17H2,1-2H3,(H,35,37)(H,39,40)/t18?,21-,22-,28+,30-,33-,34+/m0/s1. The minimum absolute atomic E-state index is 0.0152. The van der Waals surface area contributed by atoms with E-state index >= 15 is 0 Å². The smallest absolute Gasteiger partial charge is 0.357 e. The van der Waals surface area contributed by atoms with Gasteiger partial charge in [0.1, 0.15) is 5.76 Å². The third-order valence-electron chi connectivity index (χ3n) is 10.0. The predicted octanol–water partition coefficient (Wildman–Crippen LogP) is 2.48. The van der Waals surface area contributed by atoms with Crippen LogP contribution in [0.4, 0.5) is 0 Å². The van der Waals surface area contributed by atoms with Crippen molar-refractivity contribution in [2.24, 2.45) is 11.8 Å². The molecule has 2 aromatic rings. The first-order valence-corrected chi connectivity index (χ1v) is 15.4. The highest BCUT2D eigenvalue weighted by molar-refractivity contribution is 5.84. The van der Waals surface area contributed by atoms with Gasteiger partial charge in [-0.2, -0.15) is 0 Å². The summed E-state index contributed by atoms with van der Waals surface area (Å²) in [6.07, 6.45) is -0.960. The highest BCUT2D eigenvalue weighted by atomic mass is 16.6. The Morgan fingerprint density at radius 1 is 1.13 bits per heavy atom. The van der Waals surface area contributed by atoms with Crippen LogP contribution < -0.4 is 14.8 Å². The van der Waals surface area contributed by atoms with Crippen LogP contribution in [0.5, 0.6) is 11.5 Å². The first-order chi connectivity index (χ1) is 22.0. The molecular formula is C34H37NO11. The third-order valence-corrected chi connectivity index (χ3v) is 10.0. The number of rotatable bonds is 11. The monoisotopic (exact) mass is 635 g/mol. The molecule has 3 aliphatic carbocycles. The Morgan fingerprint density at radius 3 is 2.61 bits per heavy atom. The lowest BCUT2D eigenvalue weighted by molar-refractivity contribution is -0.177. The maximum atomic E-state index is 13.8. The topological polar surface area (TPSA) is 178 Å². The fraction of sp³-hybridized carbons (Fsp3) is 0.471. The van der Waals surface area contributed by atoms with Crippen LogP contribution in [-0.4, -0.2) is 70.6 Å². The van der Waals surface area contributed by atoms with Gasteiger partial charge in [0.2, 0.25) is 12.0 Å². The quantitative estimate of drug-likeness (QED) is 0.267. The third kappa shape index (κ3) is 5.09. The van der Waals surface area contributed by atoms with E-state index in [1.54, 1.807) is 43.5 Å². The number of hydrogen-bond donors (Lipinski definition) is 4. The molecule has 0 aromatic heterocycles. The van der Waals surface area contributed by atoms with Crippen molar-refractivity contribution < 1.29 is 53.4 Å². The summed E-state index contributed by atoms with van der Waals surface area (Å²) >= 11 is 0. The minimum Gasteiger partial charge on any atom is -0.493 e. The zero-order valence-corrected chi connectivity index (χ0v) is 25.6. The maximum absolute atomic E-state index is 13.8. The second-order valence-corrected chi connectivity index (χ2v) is 12.5. The fourth-order valence-electron chi connectivity index (χ4n) is 7.84. The van der Waals surface area contributed by atoms with Crippen molar-refractivity contribution in [3.05, 3.63) is 71.0 Å². The van der Waals surface area contributed by atoms with E-state index in [0.717, 1.165) is 17.5 Å². The summed E-state index contributed by atoms with van der Waals surface area (Å²) in [5, 5.41) is 32.9. The summed E-state index contributed by atoms with van der Waals surface area (Å²) in [6.45, 7) is 1.96. The van der Waals surface area contributed by atoms with Crippen LogP contribution in [0.25, 0.3) is 0 Å². The average Bonchev–Trinajstić information content (AvgIpc) is 3.39.